The van der Waals surface area contributed by atoms with E-state index in [4.69, 9.17) is 9.47 Å². The molecule has 0 saturated carbocycles. The molecule has 3 heteroatoms. The number of hydrogen-bond donors (Lipinski definition) is 0. The first-order chi connectivity index (χ1) is 6.39. The molecule has 0 spiro atoms. The van der Waals surface area contributed by atoms with Gasteiger partial charge in [0, 0.05) is 0 Å². The molecule has 0 aromatic rings. The van der Waals surface area contributed by atoms with Crippen molar-refractivity contribution in [3.8, 4) is 0 Å². The van der Waals surface area contributed by atoms with Crippen molar-refractivity contribution >= 4 is 22.6 Å². The van der Waals surface area contributed by atoms with E-state index in [9.17, 15) is 0 Å². The predicted octanol–water partition coefficient (Wildman–Crippen LogP) is 3.50. The molecular formula is C11H19IO2. The van der Waals surface area contributed by atoms with Gasteiger partial charge < -0.3 is 9.47 Å². The van der Waals surface area contributed by atoms with Crippen LogP contribution >= 0.6 is 22.6 Å². The highest BCUT2D eigenvalue weighted by molar-refractivity contribution is 14.1. The molecule has 82 valence electrons. The van der Waals surface area contributed by atoms with Gasteiger partial charge in [0.15, 0.2) is 5.79 Å². The van der Waals surface area contributed by atoms with E-state index in [0.717, 1.165) is 19.4 Å². The molecule has 0 radical (unpaired) electrons. The Labute approximate surface area is 100 Å². The van der Waals surface area contributed by atoms with Crippen LogP contribution in [0.5, 0.6) is 0 Å². The van der Waals surface area contributed by atoms with Gasteiger partial charge >= 0.3 is 0 Å². The first kappa shape index (κ1) is 12.5. The van der Waals surface area contributed by atoms with Gasteiger partial charge in [0.2, 0.25) is 0 Å². The molecule has 0 bridgehead atoms. The molecule has 2 atom stereocenters. The lowest BCUT2D eigenvalue weighted by Gasteiger charge is -2.19. The Morgan fingerprint density at radius 1 is 1.64 bits per heavy atom. The molecule has 2 nitrogen and oxygen atoms in total. The van der Waals surface area contributed by atoms with E-state index < -0.39 is 0 Å². The van der Waals surface area contributed by atoms with E-state index >= 15 is 0 Å². The van der Waals surface area contributed by atoms with Crippen LogP contribution in [0.15, 0.2) is 10.2 Å². The van der Waals surface area contributed by atoms with Crippen molar-refractivity contribution in [2.45, 2.75) is 45.5 Å². The zero-order valence-corrected chi connectivity index (χ0v) is 11.3. The average molecular weight is 310 g/mol. The Morgan fingerprint density at radius 3 is 2.71 bits per heavy atom. The zero-order chi connectivity index (χ0) is 10.8. The topological polar surface area (TPSA) is 18.5 Å². The summed E-state index contributed by atoms with van der Waals surface area (Å²) in [6.45, 7) is 10.8. The molecule has 0 aromatic carbocycles. The molecular weight excluding hydrogens is 291 g/mol. The van der Waals surface area contributed by atoms with Crippen LogP contribution in [0.1, 0.15) is 33.6 Å². The summed E-state index contributed by atoms with van der Waals surface area (Å²) in [5, 5.41) is 0. The summed E-state index contributed by atoms with van der Waals surface area (Å²) in [4.78, 5) is 0. The fourth-order valence-electron chi connectivity index (χ4n) is 1.79. The van der Waals surface area contributed by atoms with Gasteiger partial charge in [-0.2, -0.15) is 0 Å². The van der Waals surface area contributed by atoms with E-state index in [2.05, 4.69) is 36.1 Å². The minimum absolute atomic E-state index is 0.260. The first-order valence-corrected chi connectivity index (χ1v) is 6.12. The minimum atomic E-state index is -0.383. The normalized spacial score (nSPS) is 27.6. The summed E-state index contributed by atoms with van der Waals surface area (Å²) in [5.41, 5.74) is 0. The molecule has 0 aliphatic carbocycles. The van der Waals surface area contributed by atoms with Crippen LogP contribution in [0.3, 0.4) is 0 Å². The second-order valence-corrected chi connectivity index (χ2v) is 6.04. The SMILES string of the molecule is C=C(I)C[C@@H](C)C[C@@H]1COC(C)(C)O1. The Kier molecular flexibility index (Phi) is 4.40. The maximum absolute atomic E-state index is 5.75. The van der Waals surface area contributed by atoms with Crippen LogP contribution in [0.25, 0.3) is 0 Å². The van der Waals surface area contributed by atoms with Crippen molar-refractivity contribution in [1.29, 1.82) is 0 Å². The van der Waals surface area contributed by atoms with Crippen molar-refractivity contribution in [1.82, 2.24) is 0 Å². The quantitative estimate of drug-likeness (QED) is 0.740. The second-order valence-electron chi connectivity index (χ2n) is 4.51. The van der Waals surface area contributed by atoms with E-state index in [1.54, 1.807) is 0 Å². The summed E-state index contributed by atoms with van der Waals surface area (Å²) in [5.74, 6) is 0.244. The van der Waals surface area contributed by atoms with Crippen molar-refractivity contribution in [3.05, 3.63) is 10.2 Å². The van der Waals surface area contributed by atoms with E-state index in [1.807, 2.05) is 13.8 Å². The number of hydrogen-bond acceptors (Lipinski definition) is 2. The van der Waals surface area contributed by atoms with Gasteiger partial charge in [0.1, 0.15) is 0 Å². The van der Waals surface area contributed by atoms with E-state index in [1.165, 1.54) is 3.58 Å². The first-order valence-electron chi connectivity index (χ1n) is 5.04. The molecule has 14 heavy (non-hydrogen) atoms. The number of allylic oxidation sites excluding steroid dienone is 1. The van der Waals surface area contributed by atoms with Gasteiger partial charge in [0.05, 0.1) is 12.7 Å². The smallest absolute Gasteiger partial charge is 0.163 e. The highest BCUT2D eigenvalue weighted by atomic mass is 127. The van der Waals surface area contributed by atoms with Gasteiger partial charge in [-0.25, -0.2) is 0 Å². The van der Waals surface area contributed by atoms with Gasteiger partial charge in [-0.3, -0.25) is 0 Å². The molecule has 0 N–H and O–H groups in total. The molecule has 1 rings (SSSR count). The maximum Gasteiger partial charge on any atom is 0.163 e. The Bertz CT molecular complexity index is 213. The highest BCUT2D eigenvalue weighted by Gasteiger charge is 2.33. The summed E-state index contributed by atoms with van der Waals surface area (Å²) in [6.07, 6.45) is 2.39. The monoisotopic (exact) mass is 310 g/mol. The minimum Gasteiger partial charge on any atom is -0.348 e. The largest absolute Gasteiger partial charge is 0.348 e. The summed E-state index contributed by atoms with van der Waals surface area (Å²) in [7, 11) is 0. The third kappa shape index (κ3) is 4.28. The third-order valence-electron chi connectivity index (χ3n) is 2.30. The van der Waals surface area contributed by atoms with E-state index in [-0.39, 0.29) is 11.9 Å². The highest BCUT2D eigenvalue weighted by Crippen LogP contribution is 2.28. The summed E-state index contributed by atoms with van der Waals surface area (Å²) >= 11 is 2.28. The number of halogens is 1. The fraction of sp³-hybridized carbons (Fsp3) is 0.818. The van der Waals surface area contributed by atoms with Crippen LogP contribution in [0.2, 0.25) is 0 Å². The Balaban J connectivity index is 2.29. The Hall–Kier alpha value is 0.390. The van der Waals surface area contributed by atoms with Gasteiger partial charge in [-0.05, 0) is 58.8 Å². The van der Waals surface area contributed by atoms with Crippen molar-refractivity contribution in [2.24, 2.45) is 5.92 Å². The molecule has 1 aliphatic rings. The van der Waals surface area contributed by atoms with Crippen LogP contribution < -0.4 is 0 Å². The molecule has 1 fully saturated rings. The molecule has 0 aromatic heterocycles. The van der Waals surface area contributed by atoms with Crippen molar-refractivity contribution < 1.29 is 9.47 Å². The summed E-state index contributed by atoms with van der Waals surface area (Å²) < 4.78 is 12.5. The van der Waals surface area contributed by atoms with Gasteiger partial charge in [-0.1, -0.05) is 13.5 Å². The fourth-order valence-corrected chi connectivity index (χ4v) is 2.54. The predicted molar refractivity (Wildman–Crippen MR) is 66.5 cm³/mol. The lowest BCUT2D eigenvalue weighted by molar-refractivity contribution is -0.139. The lowest BCUT2D eigenvalue weighted by atomic mass is 10.0. The molecule has 1 aliphatic heterocycles. The van der Waals surface area contributed by atoms with Gasteiger partial charge in [0.25, 0.3) is 0 Å². The van der Waals surface area contributed by atoms with Crippen LogP contribution in [0.4, 0.5) is 0 Å². The molecule has 1 saturated heterocycles. The molecule has 0 amide bonds. The van der Waals surface area contributed by atoms with Gasteiger partial charge in [-0.15, -0.1) is 0 Å². The third-order valence-corrected chi connectivity index (χ3v) is 2.74. The second kappa shape index (κ2) is 4.94. The van der Waals surface area contributed by atoms with Crippen LogP contribution in [0, 0.1) is 5.92 Å². The van der Waals surface area contributed by atoms with Crippen LogP contribution in [-0.2, 0) is 9.47 Å². The molecule has 1 heterocycles. The van der Waals surface area contributed by atoms with Crippen molar-refractivity contribution in [3.63, 3.8) is 0 Å². The maximum atomic E-state index is 5.75. The standard InChI is InChI=1S/C11H19IO2/c1-8(5-9(2)12)6-10-7-13-11(3,4)14-10/h8,10H,2,5-7H2,1,3-4H3/t8-,10-/m1/s1. The zero-order valence-electron chi connectivity index (χ0n) is 9.18. The lowest BCUT2D eigenvalue weighted by Crippen LogP contribution is -2.22. The summed E-state index contributed by atoms with van der Waals surface area (Å²) in [6, 6.07) is 0. The van der Waals surface area contributed by atoms with Crippen LogP contribution in [-0.4, -0.2) is 18.5 Å². The average Bonchev–Trinajstić information content (AvgIpc) is 2.27. The van der Waals surface area contributed by atoms with E-state index in [0.29, 0.717) is 5.92 Å². The van der Waals surface area contributed by atoms with Crippen molar-refractivity contribution in [2.75, 3.05) is 6.61 Å². The number of ether oxygens (including phenoxy) is 2. The molecule has 0 unspecified atom stereocenters. The number of rotatable bonds is 4. The Morgan fingerprint density at radius 2 is 2.29 bits per heavy atom.